The van der Waals surface area contributed by atoms with Gasteiger partial charge in [-0.3, -0.25) is 4.79 Å². The summed E-state index contributed by atoms with van der Waals surface area (Å²) in [5, 5.41) is 9.26. The van der Waals surface area contributed by atoms with Crippen molar-refractivity contribution in [3.05, 3.63) is 66.1 Å². The lowest BCUT2D eigenvalue weighted by molar-refractivity contribution is -0.137. The Bertz CT molecular complexity index is 1140. The van der Waals surface area contributed by atoms with Crippen molar-refractivity contribution in [2.24, 2.45) is 0 Å². The van der Waals surface area contributed by atoms with E-state index in [2.05, 4.69) is 4.98 Å². The first kappa shape index (κ1) is 20.5. The van der Waals surface area contributed by atoms with Crippen LogP contribution in [0.15, 0.2) is 58.2 Å². The van der Waals surface area contributed by atoms with Gasteiger partial charge in [-0.05, 0) is 47.5 Å². The predicted octanol–water partition coefficient (Wildman–Crippen LogP) is 3.50. The van der Waals surface area contributed by atoms with E-state index in [9.17, 15) is 22.7 Å². The van der Waals surface area contributed by atoms with Crippen molar-refractivity contribution >= 4 is 15.8 Å². The van der Waals surface area contributed by atoms with E-state index in [0.717, 1.165) is 6.26 Å². The monoisotopic (exact) mass is 419 g/mol. The number of hydrogen-bond acceptors (Lipinski definition) is 6. The quantitative estimate of drug-likeness (QED) is 0.625. The Balaban J connectivity index is 2.18. The number of sulfone groups is 1. The van der Waals surface area contributed by atoms with Crippen LogP contribution in [-0.4, -0.2) is 37.8 Å². The molecule has 1 unspecified atom stereocenters. The van der Waals surface area contributed by atoms with Crippen LogP contribution in [0.4, 0.5) is 4.39 Å². The molecule has 0 spiro atoms. The van der Waals surface area contributed by atoms with E-state index in [1.807, 2.05) is 0 Å². The van der Waals surface area contributed by atoms with E-state index in [4.69, 9.17) is 9.15 Å². The molecule has 0 radical (unpaired) electrons. The molecule has 152 valence electrons. The van der Waals surface area contributed by atoms with Gasteiger partial charge in [0.2, 0.25) is 5.89 Å². The second-order valence-electron chi connectivity index (χ2n) is 6.43. The summed E-state index contributed by atoms with van der Waals surface area (Å²) in [6, 6.07) is 8.28. The Morgan fingerprint density at radius 1 is 1.28 bits per heavy atom. The topological polar surface area (TPSA) is 107 Å². The van der Waals surface area contributed by atoms with Gasteiger partial charge in [0.1, 0.15) is 17.8 Å². The molecule has 3 aromatic rings. The number of aromatic nitrogens is 1. The number of halogens is 1. The lowest BCUT2D eigenvalue weighted by Crippen LogP contribution is -2.09. The first-order chi connectivity index (χ1) is 13.7. The largest absolute Gasteiger partial charge is 0.496 e. The minimum Gasteiger partial charge on any atom is -0.496 e. The van der Waals surface area contributed by atoms with Gasteiger partial charge in [0.15, 0.2) is 9.84 Å². The van der Waals surface area contributed by atoms with Crippen molar-refractivity contribution in [3.63, 3.8) is 0 Å². The first-order valence-corrected chi connectivity index (χ1v) is 10.4. The summed E-state index contributed by atoms with van der Waals surface area (Å²) in [6.45, 7) is 0. The highest BCUT2D eigenvalue weighted by Crippen LogP contribution is 2.36. The molecule has 1 aromatic heterocycles. The standard InChI is InChI=1S/C20H18FNO6S/c1-27-18-4-3-15(29(2,25)26)10-16(18)12-7-13(9-14(21)8-12)17(11-19(23)24)20-22-5-6-28-20/h3-10,17H,11H2,1-2H3,(H,23,24). The molecule has 0 amide bonds. The molecule has 1 N–H and O–H groups in total. The molecule has 0 fully saturated rings. The second kappa shape index (κ2) is 8.04. The summed E-state index contributed by atoms with van der Waals surface area (Å²) in [4.78, 5) is 15.4. The number of methoxy groups -OCH3 is 1. The molecule has 7 nitrogen and oxygen atoms in total. The average molecular weight is 419 g/mol. The maximum Gasteiger partial charge on any atom is 0.304 e. The summed E-state index contributed by atoms with van der Waals surface area (Å²) in [5.74, 6) is -2.05. The third-order valence-corrected chi connectivity index (χ3v) is 5.47. The number of hydrogen-bond donors (Lipinski definition) is 1. The number of carboxylic acid groups (broad SMARTS) is 1. The number of rotatable bonds is 7. The minimum absolute atomic E-state index is 0.0499. The molecular weight excluding hydrogens is 401 g/mol. The molecule has 0 bridgehead atoms. The molecule has 0 saturated heterocycles. The van der Waals surface area contributed by atoms with Gasteiger partial charge in [-0.1, -0.05) is 0 Å². The zero-order valence-electron chi connectivity index (χ0n) is 15.6. The lowest BCUT2D eigenvalue weighted by Gasteiger charge is -2.15. The number of nitrogens with zero attached hydrogens (tertiary/aromatic N) is 1. The second-order valence-corrected chi connectivity index (χ2v) is 8.44. The normalized spacial score (nSPS) is 12.5. The van der Waals surface area contributed by atoms with Gasteiger partial charge < -0.3 is 14.3 Å². The van der Waals surface area contributed by atoms with E-state index in [1.54, 1.807) is 6.07 Å². The fourth-order valence-corrected chi connectivity index (χ4v) is 3.69. The number of carbonyl (C=O) groups is 1. The molecule has 9 heteroatoms. The molecule has 0 saturated carbocycles. The molecule has 29 heavy (non-hydrogen) atoms. The van der Waals surface area contributed by atoms with Crippen molar-refractivity contribution in [1.29, 1.82) is 0 Å². The fourth-order valence-electron chi connectivity index (χ4n) is 3.04. The Kier molecular flexibility index (Phi) is 5.69. The Labute approximate surface area is 166 Å². The maximum absolute atomic E-state index is 14.5. The van der Waals surface area contributed by atoms with Crippen LogP contribution in [0.1, 0.15) is 23.8 Å². The summed E-state index contributed by atoms with van der Waals surface area (Å²) >= 11 is 0. The van der Waals surface area contributed by atoms with E-state index < -0.39 is 27.5 Å². The van der Waals surface area contributed by atoms with E-state index in [1.165, 1.54) is 49.9 Å². The van der Waals surface area contributed by atoms with Crippen LogP contribution in [0.3, 0.4) is 0 Å². The van der Waals surface area contributed by atoms with Crippen molar-refractivity contribution < 1.29 is 31.9 Å². The number of oxazole rings is 1. The molecule has 1 atom stereocenters. The van der Waals surface area contributed by atoms with Gasteiger partial charge >= 0.3 is 5.97 Å². The molecule has 1 heterocycles. The van der Waals surface area contributed by atoms with E-state index in [-0.39, 0.29) is 17.2 Å². The molecule has 2 aromatic carbocycles. The van der Waals surface area contributed by atoms with Crippen molar-refractivity contribution in [3.8, 4) is 16.9 Å². The summed E-state index contributed by atoms with van der Waals surface area (Å²) in [6.07, 6.45) is 3.40. The maximum atomic E-state index is 14.5. The molecule has 0 aliphatic heterocycles. The van der Waals surface area contributed by atoms with Crippen LogP contribution >= 0.6 is 0 Å². The van der Waals surface area contributed by atoms with Crippen molar-refractivity contribution in [2.45, 2.75) is 17.2 Å². The Morgan fingerprint density at radius 3 is 2.62 bits per heavy atom. The zero-order valence-corrected chi connectivity index (χ0v) is 16.4. The highest BCUT2D eigenvalue weighted by atomic mass is 32.2. The lowest BCUT2D eigenvalue weighted by atomic mass is 9.92. The number of aliphatic carboxylic acids is 1. The first-order valence-electron chi connectivity index (χ1n) is 8.49. The Morgan fingerprint density at radius 2 is 2.03 bits per heavy atom. The van der Waals surface area contributed by atoms with Crippen LogP contribution in [-0.2, 0) is 14.6 Å². The van der Waals surface area contributed by atoms with Gasteiger partial charge in [0.05, 0.1) is 30.5 Å². The van der Waals surface area contributed by atoms with Gasteiger partial charge in [0.25, 0.3) is 0 Å². The van der Waals surface area contributed by atoms with Crippen LogP contribution in [0.2, 0.25) is 0 Å². The van der Waals surface area contributed by atoms with Crippen LogP contribution in [0.25, 0.3) is 11.1 Å². The molecule has 0 aliphatic rings. The molecule has 3 rings (SSSR count). The minimum atomic E-state index is -3.50. The summed E-state index contributed by atoms with van der Waals surface area (Å²) < 4.78 is 48.9. The fraction of sp³-hybridized carbons (Fsp3) is 0.200. The predicted molar refractivity (Wildman–Crippen MR) is 102 cm³/mol. The van der Waals surface area contributed by atoms with E-state index >= 15 is 0 Å². The highest BCUT2D eigenvalue weighted by molar-refractivity contribution is 7.90. The zero-order chi connectivity index (χ0) is 21.2. The Hall–Kier alpha value is -3.20. The molecule has 0 aliphatic carbocycles. The van der Waals surface area contributed by atoms with E-state index in [0.29, 0.717) is 22.4 Å². The summed E-state index contributed by atoms with van der Waals surface area (Å²) in [5.41, 5.74) is 1.03. The molecular formula is C20H18FNO6S. The van der Waals surface area contributed by atoms with Crippen molar-refractivity contribution in [2.75, 3.05) is 13.4 Å². The smallest absolute Gasteiger partial charge is 0.304 e. The number of benzene rings is 2. The highest BCUT2D eigenvalue weighted by Gasteiger charge is 2.24. The third-order valence-electron chi connectivity index (χ3n) is 4.36. The summed E-state index contributed by atoms with van der Waals surface area (Å²) in [7, 11) is -2.08. The van der Waals surface area contributed by atoms with Crippen LogP contribution < -0.4 is 4.74 Å². The van der Waals surface area contributed by atoms with Gasteiger partial charge in [-0.25, -0.2) is 17.8 Å². The van der Waals surface area contributed by atoms with Crippen molar-refractivity contribution in [1.82, 2.24) is 4.98 Å². The van der Waals surface area contributed by atoms with Crippen LogP contribution in [0, 0.1) is 5.82 Å². The number of ether oxygens (including phenoxy) is 1. The van der Waals surface area contributed by atoms with Gasteiger partial charge in [0, 0.05) is 11.8 Å². The average Bonchev–Trinajstić information content (AvgIpc) is 3.18. The third kappa shape index (κ3) is 4.62. The van der Waals surface area contributed by atoms with Crippen LogP contribution in [0.5, 0.6) is 5.75 Å². The SMILES string of the molecule is COc1ccc(S(C)(=O)=O)cc1-c1cc(F)cc(C(CC(=O)O)c2ncco2)c1. The van der Waals surface area contributed by atoms with Gasteiger partial charge in [-0.2, -0.15) is 0 Å². The number of carboxylic acids is 1. The van der Waals surface area contributed by atoms with Gasteiger partial charge in [-0.15, -0.1) is 0 Å².